The van der Waals surface area contributed by atoms with E-state index in [0.717, 1.165) is 24.7 Å². The third-order valence-corrected chi connectivity index (χ3v) is 3.02. The summed E-state index contributed by atoms with van der Waals surface area (Å²) < 4.78 is 29.3. The van der Waals surface area contributed by atoms with Crippen LogP contribution in [0.2, 0.25) is 0 Å². The van der Waals surface area contributed by atoms with E-state index in [-0.39, 0.29) is 5.97 Å². The van der Waals surface area contributed by atoms with E-state index in [2.05, 4.69) is 4.72 Å². The molecule has 0 fully saturated rings. The second kappa shape index (κ2) is 7.13. The molecule has 0 spiro atoms. The molecule has 0 aromatic heterocycles. The molecule has 0 heterocycles. The number of anilines is 1. The van der Waals surface area contributed by atoms with E-state index < -0.39 is 10.0 Å². The molecule has 106 valence electrons. The zero-order valence-electron chi connectivity index (χ0n) is 11.2. The molecule has 1 N–H and O–H groups in total. The average molecular weight is 285 g/mol. The molecule has 0 bridgehead atoms. The van der Waals surface area contributed by atoms with E-state index in [1.54, 1.807) is 19.1 Å². The van der Waals surface area contributed by atoms with Crippen molar-refractivity contribution in [2.24, 2.45) is 0 Å². The molecule has 0 saturated heterocycles. The lowest BCUT2D eigenvalue weighted by Gasteiger charge is -2.05. The van der Waals surface area contributed by atoms with Crippen LogP contribution in [0.25, 0.3) is 0 Å². The second-order valence-electron chi connectivity index (χ2n) is 4.23. The Balaban J connectivity index is 2.42. The summed E-state index contributed by atoms with van der Waals surface area (Å²) in [5.41, 5.74) is 1.60. The SMILES string of the molecule is CCOC(=O)CCCc1ccc(NS(C)(=O)=O)cc1. The number of carbonyl (C=O) groups is 1. The number of esters is 1. The molecule has 0 aliphatic carbocycles. The van der Waals surface area contributed by atoms with Gasteiger partial charge in [0.05, 0.1) is 12.9 Å². The highest BCUT2D eigenvalue weighted by Gasteiger charge is 2.03. The second-order valence-corrected chi connectivity index (χ2v) is 5.98. The molecular formula is C13H19NO4S. The number of nitrogens with one attached hydrogen (secondary N) is 1. The fraction of sp³-hybridized carbons (Fsp3) is 0.462. The van der Waals surface area contributed by atoms with E-state index in [4.69, 9.17) is 4.74 Å². The Labute approximate surface area is 114 Å². The molecule has 0 saturated carbocycles. The van der Waals surface area contributed by atoms with Crippen LogP contribution in [0.3, 0.4) is 0 Å². The standard InChI is InChI=1S/C13H19NO4S/c1-3-18-13(15)6-4-5-11-7-9-12(10-8-11)14-19(2,16)17/h7-10,14H,3-6H2,1-2H3. The Morgan fingerprint density at radius 2 is 1.89 bits per heavy atom. The maximum Gasteiger partial charge on any atom is 0.305 e. The number of sulfonamides is 1. The van der Waals surface area contributed by atoms with Gasteiger partial charge in [-0.15, -0.1) is 0 Å². The molecule has 5 nitrogen and oxygen atoms in total. The topological polar surface area (TPSA) is 72.5 Å². The highest BCUT2D eigenvalue weighted by Crippen LogP contribution is 2.13. The average Bonchev–Trinajstić information content (AvgIpc) is 2.30. The summed E-state index contributed by atoms with van der Waals surface area (Å²) in [6.07, 6.45) is 2.99. The first-order valence-electron chi connectivity index (χ1n) is 6.13. The van der Waals surface area contributed by atoms with Gasteiger partial charge >= 0.3 is 5.97 Å². The van der Waals surface area contributed by atoms with Gasteiger partial charge in [-0.05, 0) is 37.5 Å². The third kappa shape index (κ3) is 6.81. The number of benzene rings is 1. The Kier molecular flexibility index (Phi) is 5.82. The summed E-state index contributed by atoms with van der Waals surface area (Å²) in [7, 11) is -3.24. The van der Waals surface area contributed by atoms with Gasteiger partial charge in [0.15, 0.2) is 0 Å². The predicted molar refractivity (Wildman–Crippen MR) is 74.5 cm³/mol. The minimum atomic E-state index is -3.24. The van der Waals surface area contributed by atoms with Gasteiger partial charge in [-0.3, -0.25) is 9.52 Å². The maximum absolute atomic E-state index is 11.1. The highest BCUT2D eigenvalue weighted by atomic mass is 32.2. The molecule has 0 amide bonds. The number of rotatable bonds is 7. The van der Waals surface area contributed by atoms with Gasteiger partial charge in [-0.1, -0.05) is 12.1 Å². The minimum Gasteiger partial charge on any atom is -0.466 e. The summed E-state index contributed by atoms with van der Waals surface area (Å²) in [6.45, 7) is 2.19. The van der Waals surface area contributed by atoms with Crippen LogP contribution in [0.4, 0.5) is 5.69 Å². The fourth-order valence-electron chi connectivity index (χ4n) is 1.62. The van der Waals surface area contributed by atoms with Crippen molar-refractivity contribution >= 4 is 21.7 Å². The lowest BCUT2D eigenvalue weighted by Crippen LogP contribution is -2.09. The van der Waals surface area contributed by atoms with E-state index in [0.29, 0.717) is 18.7 Å². The molecule has 0 atom stereocenters. The number of aryl methyl sites for hydroxylation is 1. The molecular weight excluding hydrogens is 266 g/mol. The third-order valence-electron chi connectivity index (χ3n) is 2.41. The Hall–Kier alpha value is -1.56. The van der Waals surface area contributed by atoms with Gasteiger partial charge in [0.25, 0.3) is 0 Å². The molecule has 0 aliphatic heterocycles. The zero-order chi connectivity index (χ0) is 14.3. The van der Waals surface area contributed by atoms with Gasteiger partial charge in [0, 0.05) is 12.1 Å². The summed E-state index contributed by atoms with van der Waals surface area (Å²) in [4.78, 5) is 11.1. The fourth-order valence-corrected chi connectivity index (χ4v) is 2.19. The number of ether oxygens (including phenoxy) is 1. The highest BCUT2D eigenvalue weighted by molar-refractivity contribution is 7.92. The molecule has 0 radical (unpaired) electrons. The van der Waals surface area contributed by atoms with Crippen LogP contribution in [0.15, 0.2) is 24.3 Å². The van der Waals surface area contributed by atoms with Crippen molar-refractivity contribution in [1.82, 2.24) is 0 Å². The van der Waals surface area contributed by atoms with Crippen LogP contribution in [0.1, 0.15) is 25.3 Å². The Morgan fingerprint density at radius 1 is 1.26 bits per heavy atom. The van der Waals surface area contributed by atoms with E-state index in [1.165, 1.54) is 0 Å². The molecule has 0 aliphatic rings. The van der Waals surface area contributed by atoms with Crippen molar-refractivity contribution in [3.8, 4) is 0 Å². The van der Waals surface area contributed by atoms with Crippen LogP contribution in [-0.2, 0) is 26.0 Å². The molecule has 1 aromatic rings. The monoisotopic (exact) mass is 285 g/mol. The summed E-state index contributed by atoms with van der Waals surface area (Å²) >= 11 is 0. The van der Waals surface area contributed by atoms with Gasteiger partial charge in [0.2, 0.25) is 10.0 Å². The van der Waals surface area contributed by atoms with Crippen molar-refractivity contribution in [1.29, 1.82) is 0 Å². The smallest absolute Gasteiger partial charge is 0.305 e. The lowest BCUT2D eigenvalue weighted by atomic mass is 10.1. The van der Waals surface area contributed by atoms with Gasteiger partial charge < -0.3 is 4.74 Å². The van der Waals surface area contributed by atoms with Crippen molar-refractivity contribution in [2.45, 2.75) is 26.2 Å². The van der Waals surface area contributed by atoms with Crippen molar-refractivity contribution in [3.05, 3.63) is 29.8 Å². The molecule has 0 unspecified atom stereocenters. The quantitative estimate of drug-likeness (QED) is 0.777. The van der Waals surface area contributed by atoms with E-state index in [9.17, 15) is 13.2 Å². The lowest BCUT2D eigenvalue weighted by molar-refractivity contribution is -0.143. The first-order valence-corrected chi connectivity index (χ1v) is 8.02. The largest absolute Gasteiger partial charge is 0.466 e. The van der Waals surface area contributed by atoms with E-state index >= 15 is 0 Å². The number of hydrogen-bond donors (Lipinski definition) is 1. The van der Waals surface area contributed by atoms with Crippen LogP contribution < -0.4 is 4.72 Å². The Morgan fingerprint density at radius 3 is 2.42 bits per heavy atom. The van der Waals surface area contributed by atoms with Crippen molar-refractivity contribution in [3.63, 3.8) is 0 Å². The number of carbonyl (C=O) groups excluding carboxylic acids is 1. The molecule has 6 heteroatoms. The molecule has 1 rings (SSSR count). The van der Waals surface area contributed by atoms with Gasteiger partial charge in [-0.2, -0.15) is 0 Å². The Bertz CT molecular complexity index is 508. The minimum absolute atomic E-state index is 0.183. The predicted octanol–water partition coefficient (Wildman–Crippen LogP) is 1.94. The normalized spacial score (nSPS) is 11.1. The van der Waals surface area contributed by atoms with Gasteiger partial charge in [0.1, 0.15) is 0 Å². The van der Waals surface area contributed by atoms with Crippen LogP contribution >= 0.6 is 0 Å². The first-order chi connectivity index (χ1) is 8.90. The maximum atomic E-state index is 11.1. The van der Waals surface area contributed by atoms with Gasteiger partial charge in [-0.25, -0.2) is 8.42 Å². The van der Waals surface area contributed by atoms with Crippen LogP contribution in [-0.4, -0.2) is 27.2 Å². The zero-order valence-corrected chi connectivity index (χ0v) is 12.0. The van der Waals surface area contributed by atoms with E-state index in [1.807, 2.05) is 12.1 Å². The summed E-state index contributed by atoms with van der Waals surface area (Å²) in [6, 6.07) is 7.11. The van der Waals surface area contributed by atoms with Crippen molar-refractivity contribution < 1.29 is 17.9 Å². The van der Waals surface area contributed by atoms with Crippen molar-refractivity contribution in [2.75, 3.05) is 17.6 Å². The van der Waals surface area contributed by atoms with Crippen LogP contribution in [0, 0.1) is 0 Å². The summed E-state index contributed by atoms with van der Waals surface area (Å²) in [5.74, 6) is -0.183. The number of hydrogen-bond acceptors (Lipinski definition) is 4. The molecule has 1 aromatic carbocycles. The summed E-state index contributed by atoms with van der Waals surface area (Å²) in [5, 5.41) is 0. The van der Waals surface area contributed by atoms with Crippen LogP contribution in [0.5, 0.6) is 0 Å². The first kappa shape index (κ1) is 15.5. The molecule has 19 heavy (non-hydrogen) atoms.